The Balaban J connectivity index is 2.78. The number of likely N-dealkylation sites (N-methyl/N-ethyl adjacent to an activating group) is 3. The minimum atomic E-state index is -0.0848. The highest BCUT2D eigenvalue weighted by Gasteiger charge is 2.36. The Morgan fingerprint density at radius 1 is 1.18 bits per heavy atom. The summed E-state index contributed by atoms with van der Waals surface area (Å²) < 4.78 is 0. The summed E-state index contributed by atoms with van der Waals surface area (Å²) in [6.07, 6.45) is 6.89. The Morgan fingerprint density at radius 2 is 1.76 bits per heavy atom. The lowest BCUT2D eigenvalue weighted by Crippen LogP contribution is -2.72. The van der Waals surface area contributed by atoms with Crippen molar-refractivity contribution in [3.05, 3.63) is 0 Å². The van der Waals surface area contributed by atoms with Gasteiger partial charge in [0.25, 0.3) is 0 Å². The molecule has 1 saturated carbocycles. The molecule has 0 aliphatic heterocycles. The third-order valence-electron chi connectivity index (χ3n) is 4.11. The van der Waals surface area contributed by atoms with Crippen LogP contribution in [-0.4, -0.2) is 54.3 Å². The van der Waals surface area contributed by atoms with Crippen molar-refractivity contribution in [2.75, 3.05) is 27.2 Å². The number of hydrogen-bond acceptors (Lipinski definition) is 4. The highest BCUT2D eigenvalue weighted by molar-refractivity contribution is 6.04. The third kappa shape index (κ3) is 3.51. The van der Waals surface area contributed by atoms with Gasteiger partial charge in [0.2, 0.25) is 0 Å². The molecule has 1 aliphatic rings. The molecule has 0 saturated heterocycles. The first kappa shape index (κ1) is 15.1. The molecule has 0 spiro atoms. The monoisotopic (exact) mass is 258 g/mol. The molecule has 102 valence electrons. The summed E-state index contributed by atoms with van der Waals surface area (Å²) in [6.45, 7) is 4.33. The fraction of sp³-hybridized carbons (Fsp3) is 1.00. The van der Waals surface area contributed by atoms with E-state index in [4.69, 9.17) is 0 Å². The highest BCUT2D eigenvalue weighted by atomic mass is 28.2. The quantitative estimate of drug-likeness (QED) is 0.429. The topological polar surface area (TPSA) is 39.3 Å². The molecular formula is C12H30N4Si. The Kier molecular flexibility index (Phi) is 6.65. The first-order valence-corrected chi connectivity index (χ1v) is 8.03. The van der Waals surface area contributed by atoms with Crippen LogP contribution in [0.25, 0.3) is 0 Å². The van der Waals surface area contributed by atoms with Crippen molar-refractivity contribution in [1.29, 1.82) is 0 Å². The van der Waals surface area contributed by atoms with Crippen LogP contribution < -0.4 is 15.6 Å². The first-order valence-electron chi connectivity index (χ1n) is 7.03. The molecule has 0 aromatic carbocycles. The molecule has 0 atom stereocenters. The van der Waals surface area contributed by atoms with E-state index in [0.29, 0.717) is 0 Å². The molecule has 0 unspecified atom stereocenters. The van der Waals surface area contributed by atoms with Crippen LogP contribution in [0.5, 0.6) is 0 Å². The zero-order chi connectivity index (χ0) is 12.7. The molecule has 17 heavy (non-hydrogen) atoms. The molecular weight excluding hydrogens is 228 g/mol. The van der Waals surface area contributed by atoms with Crippen molar-refractivity contribution in [3.63, 3.8) is 0 Å². The van der Waals surface area contributed by atoms with Gasteiger partial charge in [-0.1, -0.05) is 26.2 Å². The minimum absolute atomic E-state index is 0.0848. The van der Waals surface area contributed by atoms with Crippen LogP contribution >= 0.6 is 0 Å². The van der Waals surface area contributed by atoms with E-state index in [1.54, 1.807) is 0 Å². The van der Waals surface area contributed by atoms with E-state index in [0.717, 1.165) is 29.5 Å². The van der Waals surface area contributed by atoms with Crippen LogP contribution in [0.15, 0.2) is 0 Å². The summed E-state index contributed by atoms with van der Waals surface area (Å²) in [5.41, 5.74) is 0. The average molecular weight is 258 g/mol. The zero-order valence-electron chi connectivity index (χ0n) is 12.0. The fourth-order valence-corrected chi connectivity index (χ4v) is 3.69. The predicted octanol–water partition coefficient (Wildman–Crippen LogP) is -0.396. The van der Waals surface area contributed by atoms with E-state index in [1.807, 2.05) is 0 Å². The lowest BCUT2D eigenvalue weighted by atomic mass is 9.93. The van der Waals surface area contributed by atoms with Gasteiger partial charge < -0.3 is 4.98 Å². The second kappa shape index (κ2) is 7.48. The van der Waals surface area contributed by atoms with Gasteiger partial charge in [-0.05, 0) is 33.5 Å². The second-order valence-corrected chi connectivity index (χ2v) is 5.68. The van der Waals surface area contributed by atoms with E-state index in [-0.39, 0.29) is 5.79 Å². The number of hydrogen-bond donors (Lipinski definition) is 3. The Hall–Kier alpha value is 0.0569. The van der Waals surface area contributed by atoms with Gasteiger partial charge in [-0.3, -0.25) is 15.5 Å². The van der Waals surface area contributed by atoms with Crippen molar-refractivity contribution in [1.82, 2.24) is 20.5 Å². The maximum Gasteiger partial charge on any atom is 0.138 e. The maximum absolute atomic E-state index is 3.49. The van der Waals surface area contributed by atoms with E-state index < -0.39 is 0 Å². The number of nitrogens with one attached hydrogen (secondary N) is 3. The largest absolute Gasteiger partial charge is 0.341 e. The van der Waals surface area contributed by atoms with Crippen molar-refractivity contribution >= 4 is 10.4 Å². The summed E-state index contributed by atoms with van der Waals surface area (Å²) in [5, 5.41) is 6.98. The standard InChI is InChI=1S/C12H30N4Si/c1-4-16(11-8-6-5-7-9-11)12(13-2,14-3)10-15-17/h11,13-15H,4-10H2,1-3,17H3. The summed E-state index contributed by atoms with van der Waals surface area (Å²) >= 11 is 0. The molecule has 0 amide bonds. The van der Waals surface area contributed by atoms with Crippen LogP contribution in [0.1, 0.15) is 39.0 Å². The van der Waals surface area contributed by atoms with E-state index in [1.165, 1.54) is 32.1 Å². The predicted molar refractivity (Wildman–Crippen MR) is 78.0 cm³/mol. The summed E-state index contributed by atoms with van der Waals surface area (Å²) in [7, 11) is 5.15. The lowest BCUT2D eigenvalue weighted by molar-refractivity contribution is -0.00625. The molecule has 4 nitrogen and oxygen atoms in total. The summed E-state index contributed by atoms with van der Waals surface area (Å²) in [5.74, 6) is -0.0848. The van der Waals surface area contributed by atoms with Crippen molar-refractivity contribution in [2.24, 2.45) is 0 Å². The SMILES string of the molecule is CCN(C1CCCCC1)C(CN[SiH3])(NC)NC. The molecule has 5 heteroatoms. The molecule has 0 radical (unpaired) electrons. The molecule has 0 aromatic heterocycles. The molecule has 1 aliphatic carbocycles. The van der Waals surface area contributed by atoms with E-state index >= 15 is 0 Å². The van der Waals surface area contributed by atoms with Crippen molar-refractivity contribution < 1.29 is 0 Å². The molecule has 0 aromatic rings. The third-order valence-corrected chi connectivity index (χ3v) is 4.46. The summed E-state index contributed by atoms with van der Waals surface area (Å²) in [4.78, 5) is 6.04. The van der Waals surface area contributed by atoms with Gasteiger partial charge in [-0.2, -0.15) is 0 Å². The van der Waals surface area contributed by atoms with Crippen LogP contribution in [0.4, 0.5) is 0 Å². The highest BCUT2D eigenvalue weighted by Crippen LogP contribution is 2.25. The van der Waals surface area contributed by atoms with Crippen LogP contribution in [-0.2, 0) is 0 Å². The Morgan fingerprint density at radius 3 is 2.18 bits per heavy atom. The minimum Gasteiger partial charge on any atom is -0.341 e. The molecule has 1 rings (SSSR count). The first-order chi connectivity index (χ1) is 8.24. The van der Waals surface area contributed by atoms with Gasteiger partial charge >= 0.3 is 0 Å². The smallest absolute Gasteiger partial charge is 0.138 e. The Bertz CT molecular complexity index is 203. The van der Waals surface area contributed by atoms with E-state index in [9.17, 15) is 0 Å². The molecule has 0 bridgehead atoms. The molecule has 0 heterocycles. The van der Waals surface area contributed by atoms with Gasteiger partial charge in [0.05, 0.1) is 10.4 Å². The van der Waals surface area contributed by atoms with Crippen molar-refractivity contribution in [3.8, 4) is 0 Å². The lowest BCUT2D eigenvalue weighted by Gasteiger charge is -2.48. The normalized spacial score (nSPS) is 19.1. The van der Waals surface area contributed by atoms with E-state index in [2.05, 4.69) is 41.5 Å². The van der Waals surface area contributed by atoms with Gasteiger partial charge in [0.1, 0.15) is 5.79 Å². The maximum atomic E-state index is 3.49. The van der Waals surface area contributed by atoms with Crippen molar-refractivity contribution in [2.45, 2.75) is 50.9 Å². The molecule has 3 N–H and O–H groups in total. The average Bonchev–Trinajstić information content (AvgIpc) is 2.39. The van der Waals surface area contributed by atoms with Gasteiger partial charge in [-0.25, -0.2) is 0 Å². The number of nitrogens with zero attached hydrogens (tertiary/aromatic N) is 1. The summed E-state index contributed by atoms with van der Waals surface area (Å²) in [6, 6.07) is 0.726. The molecule has 1 fully saturated rings. The van der Waals surface area contributed by atoms with Gasteiger partial charge in [0, 0.05) is 12.6 Å². The fourth-order valence-electron chi connectivity index (χ4n) is 3.18. The van der Waals surface area contributed by atoms with Crippen LogP contribution in [0.3, 0.4) is 0 Å². The Labute approximate surface area is 109 Å². The zero-order valence-corrected chi connectivity index (χ0v) is 14.0. The number of rotatable bonds is 7. The van der Waals surface area contributed by atoms with Crippen LogP contribution in [0.2, 0.25) is 0 Å². The van der Waals surface area contributed by atoms with Gasteiger partial charge in [-0.15, -0.1) is 0 Å². The second-order valence-electron chi connectivity index (χ2n) is 4.97. The van der Waals surface area contributed by atoms with Gasteiger partial charge in [0.15, 0.2) is 0 Å². The van der Waals surface area contributed by atoms with Crippen LogP contribution in [0, 0.1) is 0 Å².